The minimum absolute atomic E-state index is 0.0586. The highest BCUT2D eigenvalue weighted by Gasteiger charge is 2.43. The second-order valence-corrected chi connectivity index (χ2v) is 4.72. The molecule has 18 heavy (non-hydrogen) atoms. The van der Waals surface area contributed by atoms with Crippen LogP contribution in [0.4, 0.5) is 0 Å². The lowest BCUT2D eigenvalue weighted by Crippen LogP contribution is -2.21. The molecule has 0 radical (unpaired) electrons. The molecule has 2 atom stereocenters. The van der Waals surface area contributed by atoms with Gasteiger partial charge in [-0.15, -0.1) is 0 Å². The first-order valence-corrected chi connectivity index (χ1v) is 6.66. The van der Waals surface area contributed by atoms with Gasteiger partial charge in [0.25, 0.3) is 0 Å². The second-order valence-electron chi connectivity index (χ2n) is 4.72. The van der Waals surface area contributed by atoms with Gasteiger partial charge in [0.2, 0.25) is 5.91 Å². The molecule has 0 spiro atoms. The summed E-state index contributed by atoms with van der Waals surface area (Å²) in [5.41, 5.74) is 4.99. The number of rotatable bonds is 5. The van der Waals surface area contributed by atoms with Gasteiger partial charge < -0.3 is 0 Å². The zero-order valence-electron chi connectivity index (χ0n) is 11.0. The molecule has 3 heteroatoms. The van der Waals surface area contributed by atoms with Gasteiger partial charge in [0.05, 0.1) is 0 Å². The molecule has 96 valence electrons. The van der Waals surface area contributed by atoms with Crippen LogP contribution in [0.15, 0.2) is 35.4 Å². The molecule has 2 rings (SSSR count). The fourth-order valence-corrected chi connectivity index (χ4v) is 2.18. The zero-order valence-corrected chi connectivity index (χ0v) is 11.0. The van der Waals surface area contributed by atoms with Gasteiger partial charge in [-0.2, -0.15) is 5.10 Å². The molecule has 1 fully saturated rings. The van der Waals surface area contributed by atoms with Crippen LogP contribution < -0.4 is 5.43 Å². The highest BCUT2D eigenvalue weighted by Crippen LogP contribution is 2.47. The fourth-order valence-electron chi connectivity index (χ4n) is 2.18. The number of benzene rings is 1. The van der Waals surface area contributed by atoms with Crippen molar-refractivity contribution in [2.45, 2.75) is 39.0 Å². The maximum Gasteiger partial charge on any atom is 0.243 e. The minimum Gasteiger partial charge on any atom is -0.273 e. The Morgan fingerprint density at radius 2 is 1.94 bits per heavy atom. The lowest BCUT2D eigenvalue weighted by atomic mass is 10.1. The maximum atomic E-state index is 11.9. The number of nitrogens with zero attached hydrogens (tertiary/aromatic N) is 1. The third-order valence-corrected chi connectivity index (χ3v) is 3.50. The van der Waals surface area contributed by atoms with Crippen molar-refractivity contribution in [1.29, 1.82) is 0 Å². The second kappa shape index (κ2) is 5.80. The van der Waals surface area contributed by atoms with Crippen LogP contribution in [0.2, 0.25) is 0 Å². The summed E-state index contributed by atoms with van der Waals surface area (Å²) >= 11 is 0. The Balaban J connectivity index is 1.88. The molecule has 1 aliphatic carbocycles. The summed E-state index contributed by atoms with van der Waals surface area (Å²) in [6, 6.07) is 10.2. The van der Waals surface area contributed by atoms with Crippen LogP contribution in [0.3, 0.4) is 0 Å². The molecular weight excluding hydrogens is 224 g/mol. The van der Waals surface area contributed by atoms with Gasteiger partial charge in [-0.05, 0) is 30.7 Å². The quantitative estimate of drug-likeness (QED) is 0.627. The molecule has 1 aromatic rings. The van der Waals surface area contributed by atoms with Crippen molar-refractivity contribution < 1.29 is 4.79 Å². The van der Waals surface area contributed by atoms with Gasteiger partial charge in [-0.25, -0.2) is 5.43 Å². The average molecular weight is 244 g/mol. The lowest BCUT2D eigenvalue weighted by Gasteiger charge is -2.02. The highest BCUT2D eigenvalue weighted by atomic mass is 16.2. The summed E-state index contributed by atoms with van der Waals surface area (Å²) < 4.78 is 0. The summed E-state index contributed by atoms with van der Waals surface area (Å²) in [5.74, 6) is 0.544. The highest BCUT2D eigenvalue weighted by molar-refractivity contribution is 5.87. The number of nitrogens with one attached hydrogen (secondary N) is 1. The predicted octanol–water partition coefficient (Wildman–Crippen LogP) is 3.08. The van der Waals surface area contributed by atoms with Crippen molar-refractivity contribution in [3.63, 3.8) is 0 Å². The van der Waals surface area contributed by atoms with Crippen LogP contribution >= 0.6 is 0 Å². The Labute approximate surface area is 108 Å². The molecule has 1 aliphatic rings. The van der Waals surface area contributed by atoms with E-state index in [4.69, 9.17) is 0 Å². The number of hydrogen-bond acceptors (Lipinski definition) is 2. The van der Waals surface area contributed by atoms with Crippen LogP contribution in [0.1, 0.15) is 44.6 Å². The standard InChI is InChI=1S/C15H20N2O/c1-3-12(4-2)16-17-15(18)14-10-13(14)11-8-6-5-7-9-11/h5-9,13-14H,3-4,10H2,1-2H3,(H,17,18)/t13-,14-/m0/s1. The number of carbonyl (C=O) groups is 1. The van der Waals surface area contributed by atoms with E-state index in [1.165, 1.54) is 5.56 Å². The third-order valence-electron chi connectivity index (χ3n) is 3.50. The number of carbonyl (C=O) groups excluding carboxylic acids is 1. The van der Waals surface area contributed by atoms with E-state index in [2.05, 4.69) is 36.5 Å². The third kappa shape index (κ3) is 2.97. The molecule has 3 nitrogen and oxygen atoms in total. The fraction of sp³-hybridized carbons (Fsp3) is 0.467. The topological polar surface area (TPSA) is 41.5 Å². The first-order valence-electron chi connectivity index (χ1n) is 6.66. The van der Waals surface area contributed by atoms with E-state index in [0.717, 1.165) is 25.0 Å². The van der Waals surface area contributed by atoms with Crippen LogP contribution in [-0.4, -0.2) is 11.6 Å². The van der Waals surface area contributed by atoms with Gasteiger partial charge in [0.1, 0.15) is 0 Å². The monoisotopic (exact) mass is 244 g/mol. The van der Waals surface area contributed by atoms with Crippen LogP contribution in [0.25, 0.3) is 0 Å². The summed E-state index contributed by atoms with van der Waals surface area (Å²) in [4.78, 5) is 11.9. The maximum absolute atomic E-state index is 11.9. The Hall–Kier alpha value is -1.64. The molecule has 0 unspecified atom stereocenters. The summed E-state index contributed by atoms with van der Waals surface area (Å²) in [5, 5.41) is 4.17. The number of hydrazone groups is 1. The van der Waals surface area contributed by atoms with E-state index >= 15 is 0 Å². The SMILES string of the molecule is CCC(CC)=NNC(=O)[C@H]1C[C@H]1c1ccccc1. The van der Waals surface area contributed by atoms with E-state index in [1.54, 1.807) is 0 Å². The smallest absolute Gasteiger partial charge is 0.243 e. The van der Waals surface area contributed by atoms with E-state index < -0.39 is 0 Å². The van der Waals surface area contributed by atoms with Crippen LogP contribution in [0.5, 0.6) is 0 Å². The Morgan fingerprint density at radius 3 is 2.56 bits per heavy atom. The van der Waals surface area contributed by atoms with Crippen LogP contribution in [-0.2, 0) is 4.79 Å². The van der Waals surface area contributed by atoms with E-state index in [0.29, 0.717) is 5.92 Å². The van der Waals surface area contributed by atoms with E-state index in [9.17, 15) is 4.79 Å². The van der Waals surface area contributed by atoms with Crippen molar-refractivity contribution in [3.8, 4) is 0 Å². The first-order chi connectivity index (χ1) is 8.76. The lowest BCUT2D eigenvalue weighted by molar-refractivity contribution is -0.122. The van der Waals surface area contributed by atoms with Gasteiger partial charge in [-0.1, -0.05) is 44.2 Å². The average Bonchev–Trinajstić information content (AvgIpc) is 3.21. The summed E-state index contributed by atoms with van der Waals surface area (Å²) in [6.07, 6.45) is 2.73. The normalized spacial score (nSPS) is 21.2. The van der Waals surface area contributed by atoms with Gasteiger partial charge in [0, 0.05) is 11.6 Å². The molecule has 1 saturated carbocycles. The van der Waals surface area contributed by atoms with Gasteiger partial charge >= 0.3 is 0 Å². The predicted molar refractivity (Wildman–Crippen MR) is 73.4 cm³/mol. The molecule has 0 aliphatic heterocycles. The van der Waals surface area contributed by atoms with Gasteiger partial charge in [-0.3, -0.25) is 4.79 Å². The van der Waals surface area contributed by atoms with Crippen molar-refractivity contribution in [3.05, 3.63) is 35.9 Å². The Bertz CT molecular complexity index is 433. The molecule has 1 aromatic carbocycles. The first kappa shape index (κ1) is 12.8. The minimum atomic E-state index is 0.0586. The molecule has 1 N–H and O–H groups in total. The molecule has 0 saturated heterocycles. The number of amides is 1. The zero-order chi connectivity index (χ0) is 13.0. The molecule has 0 heterocycles. The summed E-state index contributed by atoms with van der Waals surface area (Å²) in [7, 11) is 0. The van der Waals surface area contributed by atoms with Crippen molar-refractivity contribution in [1.82, 2.24) is 5.43 Å². The van der Waals surface area contributed by atoms with E-state index in [-0.39, 0.29) is 11.8 Å². The largest absolute Gasteiger partial charge is 0.273 e. The molecule has 0 aromatic heterocycles. The molecule has 1 amide bonds. The Kier molecular flexibility index (Phi) is 4.13. The van der Waals surface area contributed by atoms with Crippen molar-refractivity contribution >= 4 is 11.6 Å². The van der Waals surface area contributed by atoms with E-state index in [1.807, 2.05) is 18.2 Å². The Morgan fingerprint density at radius 1 is 1.28 bits per heavy atom. The van der Waals surface area contributed by atoms with Gasteiger partial charge in [0.15, 0.2) is 0 Å². The van der Waals surface area contributed by atoms with Crippen molar-refractivity contribution in [2.75, 3.05) is 0 Å². The van der Waals surface area contributed by atoms with Crippen LogP contribution in [0, 0.1) is 5.92 Å². The van der Waals surface area contributed by atoms with Crippen molar-refractivity contribution in [2.24, 2.45) is 11.0 Å². The number of hydrogen-bond donors (Lipinski definition) is 1. The summed E-state index contributed by atoms with van der Waals surface area (Å²) in [6.45, 7) is 4.11. The molecular formula is C15H20N2O. The molecule has 0 bridgehead atoms.